The summed E-state index contributed by atoms with van der Waals surface area (Å²) in [6, 6.07) is 24.6. The van der Waals surface area contributed by atoms with E-state index < -0.39 is 46.1 Å². The fraction of sp³-hybridized carbons (Fsp3) is 0.188. The van der Waals surface area contributed by atoms with E-state index in [9.17, 15) is 26.8 Å². The normalized spacial score (nSPS) is 11.9. The molecule has 0 spiro atoms. The molecule has 0 saturated carbocycles. The summed E-state index contributed by atoms with van der Waals surface area (Å²) in [7, 11) is -2.89. The number of halogens is 2. The summed E-state index contributed by atoms with van der Waals surface area (Å²) in [6.45, 7) is 0.792. The second-order valence-electron chi connectivity index (χ2n) is 9.73. The molecule has 42 heavy (non-hydrogen) atoms. The van der Waals surface area contributed by atoms with Gasteiger partial charge in [-0.3, -0.25) is 13.9 Å². The predicted octanol–water partition coefficient (Wildman–Crippen LogP) is 4.85. The van der Waals surface area contributed by atoms with Gasteiger partial charge in [-0.25, -0.2) is 17.2 Å². The number of carbonyl (C=O) groups is 2. The summed E-state index contributed by atoms with van der Waals surface area (Å²) in [4.78, 5) is 28.5. The molecule has 218 valence electrons. The van der Waals surface area contributed by atoms with Crippen molar-refractivity contribution in [3.63, 3.8) is 0 Å². The van der Waals surface area contributed by atoms with Crippen LogP contribution in [0.5, 0.6) is 0 Å². The molecule has 4 aromatic carbocycles. The van der Waals surface area contributed by atoms with E-state index in [2.05, 4.69) is 5.32 Å². The first-order valence-electron chi connectivity index (χ1n) is 13.2. The van der Waals surface area contributed by atoms with Crippen LogP contribution in [-0.2, 0) is 32.6 Å². The Morgan fingerprint density at radius 2 is 1.45 bits per heavy atom. The molecule has 0 aliphatic rings. The molecule has 4 aromatic rings. The van der Waals surface area contributed by atoms with Crippen LogP contribution in [0, 0.1) is 18.6 Å². The summed E-state index contributed by atoms with van der Waals surface area (Å²) in [5.41, 5.74) is 1.79. The Hall–Kier alpha value is -4.57. The van der Waals surface area contributed by atoms with Crippen molar-refractivity contribution in [1.29, 1.82) is 0 Å². The van der Waals surface area contributed by atoms with Crippen molar-refractivity contribution in [2.24, 2.45) is 0 Å². The summed E-state index contributed by atoms with van der Waals surface area (Å²) in [6.07, 6.45) is 0.0992. The van der Waals surface area contributed by atoms with Gasteiger partial charge in [0.15, 0.2) is 0 Å². The van der Waals surface area contributed by atoms with E-state index in [1.165, 1.54) is 54.4 Å². The predicted molar refractivity (Wildman–Crippen MR) is 157 cm³/mol. The zero-order valence-electron chi connectivity index (χ0n) is 23.2. The van der Waals surface area contributed by atoms with Crippen LogP contribution in [0.1, 0.15) is 16.7 Å². The molecule has 1 N–H and O–H groups in total. The average Bonchev–Trinajstić information content (AvgIpc) is 2.99. The number of hydrogen-bond donors (Lipinski definition) is 1. The highest BCUT2D eigenvalue weighted by Gasteiger charge is 2.34. The molecule has 4 rings (SSSR count). The van der Waals surface area contributed by atoms with Crippen molar-refractivity contribution >= 4 is 27.5 Å². The smallest absolute Gasteiger partial charge is 0.264 e. The first-order chi connectivity index (χ1) is 20.1. The van der Waals surface area contributed by atoms with Crippen molar-refractivity contribution in [2.45, 2.75) is 30.8 Å². The van der Waals surface area contributed by atoms with Crippen molar-refractivity contribution in [1.82, 2.24) is 10.2 Å². The lowest BCUT2D eigenvalue weighted by Crippen LogP contribution is -2.53. The number of hydrogen-bond acceptors (Lipinski definition) is 4. The Balaban J connectivity index is 1.79. The van der Waals surface area contributed by atoms with Crippen LogP contribution >= 0.6 is 0 Å². The standard InChI is InChI=1S/C32H31F2N3O4S/c1-23-12-18-28(19-13-23)42(40,41)37(27-16-14-26(33)15-17-27)22-31(38)36(21-25-10-6-7-11-29(25)34)30(32(39)35-2)20-24-8-4-3-5-9-24/h3-19,30H,20-22H2,1-2H3,(H,35,39)/t30-/m1/s1. The Labute approximate surface area is 244 Å². The molecule has 2 amide bonds. The monoisotopic (exact) mass is 591 g/mol. The summed E-state index contributed by atoms with van der Waals surface area (Å²) >= 11 is 0. The fourth-order valence-electron chi connectivity index (χ4n) is 4.50. The Morgan fingerprint density at radius 3 is 2.07 bits per heavy atom. The van der Waals surface area contributed by atoms with Gasteiger partial charge in [0, 0.05) is 25.6 Å². The lowest BCUT2D eigenvalue weighted by Gasteiger charge is -2.33. The molecule has 7 nitrogen and oxygen atoms in total. The van der Waals surface area contributed by atoms with E-state index >= 15 is 0 Å². The van der Waals surface area contributed by atoms with Gasteiger partial charge >= 0.3 is 0 Å². The molecule has 0 aliphatic heterocycles. The number of likely N-dealkylation sites (N-methyl/N-ethyl adjacent to an activating group) is 1. The minimum absolute atomic E-state index is 0.0516. The lowest BCUT2D eigenvalue weighted by molar-refractivity contribution is -0.139. The highest BCUT2D eigenvalue weighted by atomic mass is 32.2. The van der Waals surface area contributed by atoms with Gasteiger partial charge in [0.2, 0.25) is 11.8 Å². The first-order valence-corrected chi connectivity index (χ1v) is 14.7. The SMILES string of the molecule is CNC(=O)[C@@H](Cc1ccccc1)N(Cc1ccccc1F)C(=O)CN(c1ccc(F)cc1)S(=O)(=O)c1ccc(C)cc1. The van der Waals surface area contributed by atoms with Crippen LogP contribution < -0.4 is 9.62 Å². The second-order valence-corrected chi connectivity index (χ2v) is 11.6. The third-order valence-corrected chi connectivity index (χ3v) is 8.61. The summed E-state index contributed by atoms with van der Waals surface area (Å²) in [5.74, 6) is -2.41. The van der Waals surface area contributed by atoms with E-state index in [-0.39, 0.29) is 29.1 Å². The van der Waals surface area contributed by atoms with Gasteiger partial charge in [-0.05, 0) is 55.0 Å². The average molecular weight is 592 g/mol. The quantitative estimate of drug-likeness (QED) is 0.270. The second kappa shape index (κ2) is 13.4. The Kier molecular flexibility index (Phi) is 9.69. The van der Waals surface area contributed by atoms with Gasteiger partial charge in [0.1, 0.15) is 24.2 Å². The molecule has 0 saturated heterocycles. The third kappa shape index (κ3) is 7.19. The molecule has 1 atom stereocenters. The molecule has 0 fully saturated rings. The largest absolute Gasteiger partial charge is 0.357 e. The highest BCUT2D eigenvalue weighted by molar-refractivity contribution is 7.92. The fourth-order valence-corrected chi connectivity index (χ4v) is 5.92. The van der Waals surface area contributed by atoms with E-state index in [0.717, 1.165) is 27.6 Å². The maximum atomic E-state index is 14.8. The maximum Gasteiger partial charge on any atom is 0.264 e. The van der Waals surface area contributed by atoms with Crippen molar-refractivity contribution in [3.05, 3.63) is 131 Å². The zero-order valence-corrected chi connectivity index (χ0v) is 24.0. The number of carbonyl (C=O) groups excluding carboxylic acids is 2. The van der Waals surface area contributed by atoms with Crippen molar-refractivity contribution in [3.8, 4) is 0 Å². The topological polar surface area (TPSA) is 86.8 Å². The number of aryl methyl sites for hydroxylation is 1. The van der Waals surface area contributed by atoms with Crippen LogP contribution in [-0.4, -0.2) is 44.8 Å². The molecule has 0 unspecified atom stereocenters. The van der Waals surface area contributed by atoms with E-state index in [0.29, 0.717) is 0 Å². The van der Waals surface area contributed by atoms with Crippen LogP contribution in [0.15, 0.2) is 108 Å². The van der Waals surface area contributed by atoms with E-state index in [1.807, 2.05) is 13.0 Å². The van der Waals surface area contributed by atoms with Crippen LogP contribution in [0.25, 0.3) is 0 Å². The molecule has 0 heterocycles. The molecule has 0 radical (unpaired) electrons. The molecular formula is C32H31F2N3O4S. The highest BCUT2D eigenvalue weighted by Crippen LogP contribution is 2.26. The summed E-state index contributed by atoms with van der Waals surface area (Å²) < 4.78 is 57.2. The minimum atomic E-state index is -4.31. The Bertz CT molecular complexity index is 1630. The van der Waals surface area contributed by atoms with Crippen LogP contribution in [0.3, 0.4) is 0 Å². The molecule has 0 aromatic heterocycles. The summed E-state index contributed by atoms with van der Waals surface area (Å²) in [5, 5.41) is 2.57. The van der Waals surface area contributed by atoms with Gasteiger partial charge in [0.05, 0.1) is 10.6 Å². The lowest BCUT2D eigenvalue weighted by atomic mass is 10.0. The van der Waals surface area contributed by atoms with Gasteiger partial charge in [-0.2, -0.15) is 0 Å². The number of benzene rings is 4. The van der Waals surface area contributed by atoms with Gasteiger partial charge in [0.25, 0.3) is 10.0 Å². The van der Waals surface area contributed by atoms with Gasteiger partial charge in [-0.1, -0.05) is 66.2 Å². The van der Waals surface area contributed by atoms with Crippen molar-refractivity contribution < 1.29 is 26.8 Å². The molecule has 10 heteroatoms. The number of amides is 2. The van der Waals surface area contributed by atoms with E-state index in [4.69, 9.17) is 0 Å². The number of nitrogens with zero attached hydrogens (tertiary/aromatic N) is 2. The molecule has 0 aliphatic carbocycles. The van der Waals surface area contributed by atoms with E-state index in [1.54, 1.807) is 42.5 Å². The number of anilines is 1. The molecular weight excluding hydrogens is 560 g/mol. The number of sulfonamides is 1. The number of nitrogens with one attached hydrogen (secondary N) is 1. The van der Waals surface area contributed by atoms with Crippen LogP contribution in [0.2, 0.25) is 0 Å². The van der Waals surface area contributed by atoms with Gasteiger partial charge < -0.3 is 10.2 Å². The number of rotatable bonds is 11. The van der Waals surface area contributed by atoms with Crippen LogP contribution in [0.4, 0.5) is 14.5 Å². The Morgan fingerprint density at radius 1 is 0.833 bits per heavy atom. The zero-order chi connectivity index (χ0) is 30.3. The van der Waals surface area contributed by atoms with Crippen molar-refractivity contribution in [2.75, 3.05) is 17.9 Å². The minimum Gasteiger partial charge on any atom is -0.357 e. The maximum absolute atomic E-state index is 14.8. The third-order valence-electron chi connectivity index (χ3n) is 6.82. The van der Waals surface area contributed by atoms with Gasteiger partial charge in [-0.15, -0.1) is 0 Å². The molecule has 0 bridgehead atoms. The first kappa shape index (κ1) is 30.4.